The van der Waals surface area contributed by atoms with Crippen LogP contribution in [0.25, 0.3) is 0 Å². The molecule has 0 heterocycles. The minimum absolute atomic E-state index is 0.0575. The molecule has 1 N–H and O–H groups in total. The van der Waals surface area contributed by atoms with E-state index >= 15 is 0 Å². The Morgan fingerprint density at radius 1 is 1.43 bits per heavy atom. The maximum Gasteiger partial charge on any atom is 0.191 e. The van der Waals surface area contributed by atoms with E-state index < -0.39 is 9.21 Å². The lowest BCUT2D eigenvalue weighted by Crippen LogP contribution is -2.29. The molecule has 0 saturated carbocycles. The Kier molecular flexibility index (Phi) is 4.19. The summed E-state index contributed by atoms with van der Waals surface area (Å²) in [6.45, 7) is -0.0575. The number of aliphatic hydroxyl groups is 1. The molecule has 1 aliphatic rings. The second-order valence-electron chi connectivity index (χ2n) is 3.44. The summed E-state index contributed by atoms with van der Waals surface area (Å²) in [4.78, 5) is 0. The second-order valence-corrected chi connectivity index (χ2v) is 6.39. The van der Waals surface area contributed by atoms with Gasteiger partial charge in [0.05, 0.1) is 6.61 Å². The molecule has 0 amide bonds. The topological polar surface area (TPSA) is 20.2 Å². The number of allylic oxidation sites excluding steroid dienone is 3. The Bertz CT molecular complexity index is 266. The van der Waals surface area contributed by atoms with Gasteiger partial charge in [-0.1, -0.05) is 58.6 Å². The summed E-state index contributed by atoms with van der Waals surface area (Å²) in [5, 5.41) is 9.94. The molecule has 1 nitrogen and oxygen atoms in total. The molecule has 0 aliphatic heterocycles. The Balaban J connectivity index is 2.76. The van der Waals surface area contributed by atoms with Crippen LogP contribution in [0.4, 0.5) is 0 Å². The first-order valence-corrected chi connectivity index (χ1v) is 5.61. The van der Waals surface area contributed by atoms with Gasteiger partial charge in [0.15, 0.2) is 3.79 Å². The third-order valence-corrected chi connectivity index (χ3v) is 2.85. The molecule has 1 atom stereocenters. The zero-order valence-electron chi connectivity index (χ0n) is 7.31. The molecule has 0 aromatic carbocycles. The molecule has 80 valence electrons. The van der Waals surface area contributed by atoms with Gasteiger partial charge in [0.25, 0.3) is 0 Å². The molecule has 0 bridgehead atoms. The van der Waals surface area contributed by atoms with Crippen molar-refractivity contribution < 1.29 is 5.11 Å². The minimum Gasteiger partial charge on any atom is -0.395 e. The normalized spacial score (nSPS) is 27.6. The summed E-state index contributed by atoms with van der Waals surface area (Å²) in [7, 11) is 0. The van der Waals surface area contributed by atoms with Gasteiger partial charge in [0, 0.05) is 16.9 Å². The standard InChI is InChI=1S/C9H10Cl4O/c10-7-1-3-8(6-14,4-2-7)5-9(11,12)13/h1-3,14H,4-6H2. The van der Waals surface area contributed by atoms with E-state index in [1.807, 2.05) is 6.08 Å². The van der Waals surface area contributed by atoms with E-state index in [1.54, 1.807) is 12.2 Å². The van der Waals surface area contributed by atoms with E-state index in [9.17, 15) is 5.11 Å². The predicted molar refractivity (Wildman–Crippen MR) is 62.1 cm³/mol. The smallest absolute Gasteiger partial charge is 0.191 e. The van der Waals surface area contributed by atoms with E-state index in [-0.39, 0.29) is 13.0 Å². The van der Waals surface area contributed by atoms with E-state index in [2.05, 4.69) is 0 Å². The van der Waals surface area contributed by atoms with Crippen molar-refractivity contribution in [1.82, 2.24) is 0 Å². The molecule has 1 rings (SSSR count). The van der Waals surface area contributed by atoms with Crippen LogP contribution in [0.5, 0.6) is 0 Å². The summed E-state index contributed by atoms with van der Waals surface area (Å²) in [5.74, 6) is 0. The zero-order valence-corrected chi connectivity index (χ0v) is 10.3. The van der Waals surface area contributed by atoms with Crippen molar-refractivity contribution in [2.45, 2.75) is 16.6 Å². The van der Waals surface area contributed by atoms with Crippen molar-refractivity contribution in [2.75, 3.05) is 6.61 Å². The number of hydrogen-bond acceptors (Lipinski definition) is 1. The molecule has 1 aliphatic carbocycles. The summed E-state index contributed by atoms with van der Waals surface area (Å²) in [5.41, 5.74) is -0.496. The van der Waals surface area contributed by atoms with Crippen molar-refractivity contribution in [1.29, 1.82) is 0 Å². The third-order valence-electron chi connectivity index (χ3n) is 2.17. The number of alkyl halides is 3. The monoisotopic (exact) mass is 274 g/mol. The molecule has 0 fully saturated rings. The Hall–Kier alpha value is 0.600. The molecule has 0 spiro atoms. The van der Waals surface area contributed by atoms with Gasteiger partial charge in [-0.2, -0.15) is 0 Å². The summed E-state index contributed by atoms with van der Waals surface area (Å²) in [6, 6.07) is 0. The van der Waals surface area contributed by atoms with Crippen molar-refractivity contribution in [3.63, 3.8) is 0 Å². The van der Waals surface area contributed by atoms with Gasteiger partial charge in [-0.05, 0) is 12.5 Å². The molecular formula is C9H10Cl4O. The fraction of sp³-hybridized carbons (Fsp3) is 0.556. The first-order chi connectivity index (χ1) is 6.37. The largest absolute Gasteiger partial charge is 0.395 e. The van der Waals surface area contributed by atoms with Gasteiger partial charge in [0.2, 0.25) is 0 Å². The lowest BCUT2D eigenvalue weighted by atomic mass is 9.80. The van der Waals surface area contributed by atoms with Crippen LogP contribution >= 0.6 is 46.4 Å². The summed E-state index contributed by atoms with van der Waals surface area (Å²) in [6.07, 6.45) is 6.20. The van der Waals surface area contributed by atoms with Crippen molar-refractivity contribution in [2.24, 2.45) is 5.41 Å². The van der Waals surface area contributed by atoms with Gasteiger partial charge in [-0.3, -0.25) is 0 Å². The van der Waals surface area contributed by atoms with E-state index in [0.717, 1.165) is 0 Å². The van der Waals surface area contributed by atoms with Crippen LogP contribution in [0.15, 0.2) is 23.3 Å². The highest BCUT2D eigenvalue weighted by Crippen LogP contribution is 2.44. The number of rotatable bonds is 2. The van der Waals surface area contributed by atoms with Crippen LogP contribution in [0.2, 0.25) is 0 Å². The molecule has 14 heavy (non-hydrogen) atoms. The summed E-state index contributed by atoms with van der Waals surface area (Å²) >= 11 is 22.9. The molecular weight excluding hydrogens is 266 g/mol. The second kappa shape index (κ2) is 4.63. The number of halogens is 4. The molecule has 0 saturated heterocycles. The maximum atomic E-state index is 9.29. The Morgan fingerprint density at radius 3 is 2.43 bits per heavy atom. The third kappa shape index (κ3) is 3.63. The number of aliphatic hydroxyl groups excluding tert-OH is 1. The SMILES string of the molecule is OCC1(CC(Cl)(Cl)Cl)C=CC(Cl)=CC1. The Labute approximate surface area is 103 Å². The molecule has 1 unspecified atom stereocenters. The van der Waals surface area contributed by atoms with Crippen molar-refractivity contribution in [3.05, 3.63) is 23.3 Å². The highest BCUT2D eigenvalue weighted by molar-refractivity contribution is 6.67. The highest BCUT2D eigenvalue weighted by atomic mass is 35.6. The fourth-order valence-corrected chi connectivity index (χ4v) is 2.34. The van der Waals surface area contributed by atoms with Gasteiger partial charge in [0.1, 0.15) is 0 Å². The van der Waals surface area contributed by atoms with Gasteiger partial charge in [-0.15, -0.1) is 0 Å². The quantitative estimate of drug-likeness (QED) is 0.760. The Morgan fingerprint density at radius 2 is 2.07 bits per heavy atom. The van der Waals surface area contributed by atoms with Crippen LogP contribution in [0.1, 0.15) is 12.8 Å². The molecule has 0 aromatic rings. The molecule has 0 radical (unpaired) electrons. The summed E-state index contributed by atoms with van der Waals surface area (Å²) < 4.78 is -1.36. The first kappa shape index (κ1) is 12.7. The van der Waals surface area contributed by atoms with Crippen LogP contribution < -0.4 is 0 Å². The fourth-order valence-electron chi connectivity index (χ4n) is 1.40. The van der Waals surface area contributed by atoms with Crippen molar-refractivity contribution in [3.8, 4) is 0 Å². The molecule has 5 heteroatoms. The van der Waals surface area contributed by atoms with Crippen molar-refractivity contribution >= 4 is 46.4 Å². The van der Waals surface area contributed by atoms with Crippen LogP contribution in [0, 0.1) is 5.41 Å². The average molecular weight is 276 g/mol. The molecule has 0 aromatic heterocycles. The van der Waals surface area contributed by atoms with Gasteiger partial charge < -0.3 is 5.11 Å². The first-order valence-electron chi connectivity index (χ1n) is 4.09. The van der Waals surface area contributed by atoms with E-state index in [4.69, 9.17) is 46.4 Å². The maximum absolute atomic E-state index is 9.29. The van der Waals surface area contributed by atoms with Crippen LogP contribution in [-0.2, 0) is 0 Å². The van der Waals surface area contributed by atoms with Crippen LogP contribution in [-0.4, -0.2) is 15.5 Å². The number of hydrogen-bond donors (Lipinski definition) is 1. The average Bonchev–Trinajstić information content (AvgIpc) is 2.07. The minimum atomic E-state index is -1.36. The van der Waals surface area contributed by atoms with E-state index in [0.29, 0.717) is 11.5 Å². The lowest BCUT2D eigenvalue weighted by Gasteiger charge is -2.32. The highest BCUT2D eigenvalue weighted by Gasteiger charge is 2.36. The zero-order chi connectivity index (χ0) is 10.8. The lowest BCUT2D eigenvalue weighted by molar-refractivity contribution is 0.161. The van der Waals surface area contributed by atoms with Gasteiger partial charge >= 0.3 is 0 Å². The van der Waals surface area contributed by atoms with Gasteiger partial charge in [-0.25, -0.2) is 0 Å². The predicted octanol–water partition coefficient (Wildman–Crippen LogP) is 3.81. The van der Waals surface area contributed by atoms with Crippen LogP contribution in [0.3, 0.4) is 0 Å². The van der Waals surface area contributed by atoms with E-state index in [1.165, 1.54) is 0 Å².